The average molecular weight is 348 g/mol. The first kappa shape index (κ1) is 15.4. The zero-order valence-corrected chi connectivity index (χ0v) is 12.8. The first-order valence-electron chi connectivity index (χ1n) is 6.52. The minimum atomic E-state index is -0.405. The Morgan fingerprint density at radius 1 is 1.10 bits per heavy atom. The summed E-state index contributed by atoms with van der Waals surface area (Å²) in [5.74, 6) is -0.490. The Labute approximate surface area is 131 Å². The van der Waals surface area contributed by atoms with E-state index in [2.05, 4.69) is 15.9 Å². The third kappa shape index (κ3) is 4.49. The molecule has 4 nitrogen and oxygen atoms in total. The van der Waals surface area contributed by atoms with Crippen molar-refractivity contribution in [1.29, 1.82) is 0 Å². The molecule has 21 heavy (non-hydrogen) atoms. The van der Waals surface area contributed by atoms with Crippen LogP contribution in [0.15, 0.2) is 59.1 Å². The van der Waals surface area contributed by atoms with E-state index in [1.54, 1.807) is 24.3 Å². The molecule has 0 saturated carbocycles. The fraction of sp³-hybridized carbons (Fsp3) is 0.188. The third-order valence-corrected chi connectivity index (χ3v) is 3.77. The molecule has 0 amide bonds. The van der Waals surface area contributed by atoms with Crippen LogP contribution in [0.25, 0.3) is 0 Å². The van der Waals surface area contributed by atoms with Gasteiger partial charge in [-0.15, -0.1) is 0 Å². The van der Waals surface area contributed by atoms with E-state index >= 15 is 0 Å². The molecule has 0 heterocycles. The minimum absolute atomic E-state index is 0.0850. The monoisotopic (exact) mass is 347 g/mol. The van der Waals surface area contributed by atoms with E-state index in [0.29, 0.717) is 5.56 Å². The van der Waals surface area contributed by atoms with Crippen molar-refractivity contribution in [3.63, 3.8) is 0 Å². The van der Waals surface area contributed by atoms with E-state index in [9.17, 15) is 14.9 Å². The maximum atomic E-state index is 12.3. The van der Waals surface area contributed by atoms with E-state index in [0.717, 1.165) is 10.0 Å². The van der Waals surface area contributed by atoms with Crippen molar-refractivity contribution in [2.45, 2.75) is 12.3 Å². The number of carbonyl (C=O) groups excluding carboxylic acids is 1. The average Bonchev–Trinajstić information content (AvgIpc) is 2.47. The van der Waals surface area contributed by atoms with Gasteiger partial charge in [0.1, 0.15) is 0 Å². The molecule has 108 valence electrons. The van der Waals surface area contributed by atoms with Crippen molar-refractivity contribution in [2.75, 3.05) is 6.54 Å². The molecule has 0 spiro atoms. The fourth-order valence-electron chi connectivity index (χ4n) is 2.17. The largest absolute Gasteiger partial charge is 0.294 e. The second-order valence-corrected chi connectivity index (χ2v) is 5.67. The number of carbonyl (C=O) groups is 1. The number of hydrogen-bond donors (Lipinski definition) is 0. The fourth-order valence-corrected chi connectivity index (χ4v) is 2.43. The minimum Gasteiger partial charge on any atom is -0.294 e. The van der Waals surface area contributed by atoms with Gasteiger partial charge in [0.15, 0.2) is 5.78 Å². The van der Waals surface area contributed by atoms with Gasteiger partial charge in [-0.2, -0.15) is 0 Å². The van der Waals surface area contributed by atoms with E-state index in [-0.39, 0.29) is 23.7 Å². The summed E-state index contributed by atoms with van der Waals surface area (Å²) < 4.78 is 0.893. The Morgan fingerprint density at radius 2 is 1.71 bits per heavy atom. The summed E-state index contributed by atoms with van der Waals surface area (Å²) in [6, 6.07) is 16.2. The topological polar surface area (TPSA) is 60.2 Å². The van der Waals surface area contributed by atoms with Crippen LogP contribution in [0.5, 0.6) is 0 Å². The van der Waals surface area contributed by atoms with Crippen LogP contribution in [0.4, 0.5) is 0 Å². The van der Waals surface area contributed by atoms with E-state index in [1.165, 1.54) is 0 Å². The summed E-state index contributed by atoms with van der Waals surface area (Å²) in [7, 11) is 0. The molecule has 0 bridgehead atoms. The van der Waals surface area contributed by atoms with Gasteiger partial charge in [-0.05, 0) is 17.7 Å². The zero-order valence-electron chi connectivity index (χ0n) is 11.2. The highest BCUT2D eigenvalue weighted by Gasteiger charge is 2.22. The van der Waals surface area contributed by atoms with E-state index in [4.69, 9.17) is 0 Å². The molecule has 0 aliphatic heterocycles. The van der Waals surface area contributed by atoms with Crippen LogP contribution < -0.4 is 0 Å². The van der Waals surface area contributed by atoms with E-state index < -0.39 is 5.92 Å². The van der Waals surface area contributed by atoms with Crippen LogP contribution in [-0.4, -0.2) is 17.3 Å². The van der Waals surface area contributed by atoms with Gasteiger partial charge in [0.05, 0.1) is 5.92 Å². The lowest BCUT2D eigenvalue weighted by Crippen LogP contribution is -2.16. The summed E-state index contributed by atoms with van der Waals surface area (Å²) in [5.41, 5.74) is 1.39. The highest BCUT2D eigenvalue weighted by atomic mass is 79.9. The van der Waals surface area contributed by atoms with Gasteiger partial charge in [0.25, 0.3) is 0 Å². The van der Waals surface area contributed by atoms with Gasteiger partial charge in [-0.1, -0.05) is 58.4 Å². The molecule has 0 saturated heterocycles. The lowest BCUT2D eigenvalue weighted by atomic mass is 9.91. The molecule has 2 aromatic carbocycles. The maximum Gasteiger partial charge on any atom is 0.211 e. The van der Waals surface area contributed by atoms with Crippen LogP contribution >= 0.6 is 15.9 Å². The first-order chi connectivity index (χ1) is 10.1. The molecular formula is C16H14BrNO3. The number of rotatable bonds is 6. The summed E-state index contributed by atoms with van der Waals surface area (Å²) in [4.78, 5) is 22.7. The number of Topliss-reactive ketones (excluding diaryl/α,β-unsaturated/α-hetero) is 1. The summed E-state index contributed by atoms with van der Waals surface area (Å²) in [6.45, 7) is -0.244. The lowest BCUT2D eigenvalue weighted by molar-refractivity contribution is -0.483. The quantitative estimate of drug-likeness (QED) is 0.449. The van der Waals surface area contributed by atoms with Crippen LogP contribution in [0.1, 0.15) is 28.3 Å². The standard InChI is InChI=1S/C16H14BrNO3/c17-15-8-6-13(7-9-15)16(19)10-14(11-18(20)21)12-4-2-1-3-5-12/h1-9,14H,10-11H2/t14-/m0/s1. The summed E-state index contributed by atoms with van der Waals surface area (Å²) in [6.07, 6.45) is 0.132. The van der Waals surface area contributed by atoms with Crippen molar-refractivity contribution in [3.05, 3.63) is 80.3 Å². The second-order valence-electron chi connectivity index (χ2n) is 4.76. The molecule has 0 radical (unpaired) electrons. The Kier molecular flexibility index (Phi) is 5.22. The lowest BCUT2D eigenvalue weighted by Gasteiger charge is -2.12. The Balaban J connectivity index is 2.17. The van der Waals surface area contributed by atoms with Crippen molar-refractivity contribution in [2.24, 2.45) is 0 Å². The number of nitrogens with zero attached hydrogens (tertiary/aromatic N) is 1. The smallest absolute Gasteiger partial charge is 0.211 e. The van der Waals surface area contributed by atoms with Crippen LogP contribution in [0.2, 0.25) is 0 Å². The van der Waals surface area contributed by atoms with Crippen LogP contribution in [0, 0.1) is 10.1 Å². The van der Waals surface area contributed by atoms with Gasteiger partial charge < -0.3 is 0 Å². The molecule has 1 atom stereocenters. The highest BCUT2D eigenvalue weighted by Crippen LogP contribution is 2.22. The van der Waals surface area contributed by atoms with Crippen molar-refractivity contribution in [1.82, 2.24) is 0 Å². The van der Waals surface area contributed by atoms with Crippen molar-refractivity contribution >= 4 is 21.7 Å². The molecule has 2 aromatic rings. The van der Waals surface area contributed by atoms with E-state index in [1.807, 2.05) is 30.3 Å². The number of halogens is 1. The maximum absolute atomic E-state index is 12.3. The molecule has 2 rings (SSSR count). The molecule has 0 N–H and O–H groups in total. The predicted molar refractivity (Wildman–Crippen MR) is 84.1 cm³/mol. The Hall–Kier alpha value is -2.01. The van der Waals surface area contributed by atoms with Gasteiger partial charge in [0.2, 0.25) is 6.54 Å². The molecule has 5 heteroatoms. The van der Waals surface area contributed by atoms with Gasteiger partial charge in [0, 0.05) is 21.4 Å². The number of ketones is 1. The summed E-state index contributed by atoms with van der Waals surface area (Å²) >= 11 is 3.31. The van der Waals surface area contributed by atoms with Crippen molar-refractivity contribution in [3.8, 4) is 0 Å². The van der Waals surface area contributed by atoms with Gasteiger partial charge in [-0.3, -0.25) is 14.9 Å². The number of benzene rings is 2. The Morgan fingerprint density at radius 3 is 2.29 bits per heavy atom. The number of nitro groups is 1. The number of hydrogen-bond acceptors (Lipinski definition) is 3. The van der Waals surface area contributed by atoms with Crippen LogP contribution in [-0.2, 0) is 0 Å². The van der Waals surface area contributed by atoms with Gasteiger partial charge >= 0.3 is 0 Å². The predicted octanol–water partition coefficient (Wildman–Crippen LogP) is 4.08. The highest BCUT2D eigenvalue weighted by molar-refractivity contribution is 9.10. The molecule has 0 aliphatic carbocycles. The second kappa shape index (κ2) is 7.13. The van der Waals surface area contributed by atoms with Crippen molar-refractivity contribution < 1.29 is 9.72 Å². The molecule has 0 aromatic heterocycles. The first-order valence-corrected chi connectivity index (χ1v) is 7.31. The molecule has 0 fully saturated rings. The van der Waals surface area contributed by atoms with Gasteiger partial charge in [-0.25, -0.2) is 0 Å². The normalized spacial score (nSPS) is 11.9. The summed E-state index contributed by atoms with van der Waals surface area (Å²) in [5, 5.41) is 10.8. The van der Waals surface area contributed by atoms with Crippen LogP contribution in [0.3, 0.4) is 0 Å². The third-order valence-electron chi connectivity index (χ3n) is 3.24. The Bertz CT molecular complexity index is 626. The SMILES string of the molecule is O=C(C[C@@H](C[N+](=O)[O-])c1ccccc1)c1ccc(Br)cc1. The molecular weight excluding hydrogens is 334 g/mol. The molecule has 0 unspecified atom stereocenters. The zero-order chi connectivity index (χ0) is 15.2. The molecule has 0 aliphatic rings.